The van der Waals surface area contributed by atoms with Crippen LogP contribution in [0.4, 0.5) is 0 Å². The summed E-state index contributed by atoms with van der Waals surface area (Å²) in [6, 6.07) is 11.7. The van der Waals surface area contributed by atoms with Crippen molar-refractivity contribution in [1.29, 1.82) is 10.5 Å². The zero-order valence-electron chi connectivity index (χ0n) is 20.0. The van der Waals surface area contributed by atoms with Crippen LogP contribution in [0.2, 0.25) is 18.1 Å². The van der Waals surface area contributed by atoms with Crippen LogP contribution in [0, 0.1) is 40.9 Å². The number of benzene rings is 1. The molecule has 33 heavy (non-hydrogen) atoms. The topological polar surface area (TPSA) is 100 Å². The van der Waals surface area contributed by atoms with Gasteiger partial charge >= 0.3 is 0 Å². The van der Waals surface area contributed by atoms with Crippen molar-refractivity contribution >= 4 is 24.9 Å². The van der Waals surface area contributed by atoms with Gasteiger partial charge in [-0.2, -0.15) is 10.5 Å². The van der Waals surface area contributed by atoms with Gasteiger partial charge in [0.25, 0.3) is 8.32 Å². The third-order valence-electron chi connectivity index (χ3n) is 7.82. The van der Waals surface area contributed by atoms with E-state index >= 15 is 0 Å². The molecule has 2 fully saturated rings. The molecule has 0 radical (unpaired) electrons. The molecule has 1 spiro atoms. The number of carbonyl (C=O) groups excluding carboxylic acids is 1. The lowest BCUT2D eigenvalue weighted by atomic mass is 9.85. The van der Waals surface area contributed by atoms with E-state index in [-0.39, 0.29) is 29.4 Å². The second kappa shape index (κ2) is 7.63. The van der Waals surface area contributed by atoms with E-state index in [1.807, 2.05) is 31.2 Å². The molecule has 4 rings (SSSR count). The fourth-order valence-corrected chi connectivity index (χ4v) is 7.64. The van der Waals surface area contributed by atoms with Gasteiger partial charge in [0.05, 0.1) is 34.3 Å². The number of fused-ring (bicyclic) bond motifs is 1. The Morgan fingerprint density at radius 1 is 1.18 bits per heavy atom. The highest BCUT2D eigenvalue weighted by Crippen LogP contribution is 2.60. The Morgan fingerprint density at radius 2 is 1.79 bits per heavy atom. The smallest absolute Gasteiger partial charge is 0.250 e. The summed E-state index contributed by atoms with van der Waals surface area (Å²) in [6.45, 7) is 12.4. The quantitative estimate of drug-likeness (QED) is 0.584. The van der Waals surface area contributed by atoms with E-state index in [0.29, 0.717) is 4.90 Å². The standard InChI is InChI=1S/C25H30N2O4SSi/c1-16-7-9-17(10-8-16)32(29)21-18-12-24(14-26,15-27)13-25(18)22(28)20(11-19(21)30-25)31-33(5,6)23(2,3)4/h7-11,18-19,21H,12-13H2,1-6H3/t18-,19-,21-,25-,32?/m1/s1. The van der Waals surface area contributed by atoms with Crippen LogP contribution in [0.1, 0.15) is 39.2 Å². The Kier molecular flexibility index (Phi) is 5.52. The summed E-state index contributed by atoms with van der Waals surface area (Å²) in [7, 11) is -3.82. The maximum atomic E-state index is 13.8. The second-order valence-corrected chi connectivity index (χ2v) is 17.4. The maximum absolute atomic E-state index is 13.8. The molecule has 1 unspecified atom stereocenters. The molecule has 6 nitrogen and oxygen atoms in total. The van der Waals surface area contributed by atoms with E-state index in [0.717, 1.165) is 5.56 Å². The highest BCUT2D eigenvalue weighted by atomic mass is 32.2. The first-order valence-electron chi connectivity index (χ1n) is 11.2. The second-order valence-electron chi connectivity index (χ2n) is 11.1. The molecule has 1 saturated heterocycles. The molecule has 0 aromatic heterocycles. The number of nitriles is 2. The predicted octanol–water partition coefficient (Wildman–Crippen LogP) is 4.54. The minimum atomic E-state index is -2.34. The molecule has 3 aliphatic rings. The van der Waals surface area contributed by atoms with E-state index < -0.39 is 47.4 Å². The van der Waals surface area contributed by atoms with Crippen molar-refractivity contribution in [3.05, 3.63) is 41.7 Å². The normalized spacial score (nSPS) is 31.2. The van der Waals surface area contributed by atoms with Crippen LogP contribution in [-0.4, -0.2) is 35.3 Å². The molecule has 0 amide bonds. The van der Waals surface area contributed by atoms with E-state index in [4.69, 9.17) is 9.16 Å². The van der Waals surface area contributed by atoms with Gasteiger partial charge in [-0.05, 0) is 49.7 Å². The SMILES string of the molecule is Cc1ccc(S(=O)[C@@H]2[C@H]3CC(C#N)(C#N)C[C@@]34O[C@@H]2C=C(O[Si](C)(C)C(C)(C)C)C4=O)cc1. The monoisotopic (exact) mass is 482 g/mol. The highest BCUT2D eigenvalue weighted by Gasteiger charge is 2.71. The summed E-state index contributed by atoms with van der Waals surface area (Å²) < 4.78 is 26.5. The van der Waals surface area contributed by atoms with Crippen LogP contribution in [0.3, 0.4) is 0 Å². The maximum Gasteiger partial charge on any atom is 0.250 e. The van der Waals surface area contributed by atoms with Crippen LogP contribution >= 0.6 is 0 Å². The summed E-state index contributed by atoms with van der Waals surface area (Å²) >= 11 is 0. The number of ether oxygens (including phenoxy) is 1. The fourth-order valence-electron chi connectivity index (χ4n) is 4.91. The summed E-state index contributed by atoms with van der Waals surface area (Å²) in [4.78, 5) is 14.5. The largest absolute Gasteiger partial charge is 0.541 e. The van der Waals surface area contributed by atoms with Gasteiger partial charge in [0.1, 0.15) is 16.8 Å². The molecule has 5 atom stereocenters. The van der Waals surface area contributed by atoms with Crippen LogP contribution in [0.5, 0.6) is 0 Å². The van der Waals surface area contributed by atoms with E-state index in [1.165, 1.54) is 0 Å². The molecule has 0 N–H and O–H groups in total. The molecule has 1 aromatic rings. The first-order chi connectivity index (χ1) is 15.3. The van der Waals surface area contributed by atoms with E-state index in [9.17, 15) is 19.5 Å². The lowest BCUT2D eigenvalue weighted by Gasteiger charge is -2.40. The first-order valence-corrected chi connectivity index (χ1v) is 15.3. The predicted molar refractivity (Wildman–Crippen MR) is 127 cm³/mol. The average Bonchev–Trinajstić information content (AvgIpc) is 3.19. The molecule has 1 aliphatic carbocycles. The zero-order valence-corrected chi connectivity index (χ0v) is 21.8. The van der Waals surface area contributed by atoms with Crippen molar-refractivity contribution in [3.63, 3.8) is 0 Å². The van der Waals surface area contributed by atoms with Crippen molar-refractivity contribution in [1.82, 2.24) is 0 Å². The van der Waals surface area contributed by atoms with Gasteiger partial charge in [0.15, 0.2) is 0 Å². The number of hydrogen-bond acceptors (Lipinski definition) is 6. The van der Waals surface area contributed by atoms with Gasteiger partial charge in [-0.15, -0.1) is 0 Å². The number of carbonyl (C=O) groups is 1. The van der Waals surface area contributed by atoms with Crippen molar-refractivity contribution < 1.29 is 18.2 Å². The summed E-state index contributed by atoms with van der Waals surface area (Å²) in [6.07, 6.45) is 1.26. The Balaban J connectivity index is 1.80. The number of aryl methyl sites for hydroxylation is 1. The molecule has 1 aromatic carbocycles. The van der Waals surface area contributed by atoms with Gasteiger partial charge in [0, 0.05) is 17.2 Å². The number of hydrogen-bond donors (Lipinski definition) is 0. The molecular weight excluding hydrogens is 452 g/mol. The van der Waals surface area contributed by atoms with Gasteiger partial charge < -0.3 is 9.16 Å². The Hall–Kier alpha value is -2.26. The molecule has 2 bridgehead atoms. The number of ketones is 1. The van der Waals surface area contributed by atoms with Crippen LogP contribution in [-0.2, 0) is 24.8 Å². The van der Waals surface area contributed by atoms with Gasteiger partial charge in [-0.3, -0.25) is 9.00 Å². The third kappa shape index (κ3) is 3.60. The Bertz CT molecular complexity index is 1120. The lowest BCUT2D eigenvalue weighted by Crippen LogP contribution is -2.49. The molecule has 174 valence electrons. The minimum absolute atomic E-state index is 0.0210. The average molecular weight is 483 g/mol. The van der Waals surface area contributed by atoms with Crippen LogP contribution in [0.15, 0.2) is 41.0 Å². The molecule has 1 saturated carbocycles. The Morgan fingerprint density at radius 3 is 2.33 bits per heavy atom. The highest BCUT2D eigenvalue weighted by molar-refractivity contribution is 7.85. The van der Waals surface area contributed by atoms with Crippen molar-refractivity contribution in [2.75, 3.05) is 0 Å². The van der Waals surface area contributed by atoms with Crippen molar-refractivity contribution in [2.24, 2.45) is 11.3 Å². The summed E-state index contributed by atoms with van der Waals surface area (Å²) in [5.74, 6) is -0.574. The summed E-state index contributed by atoms with van der Waals surface area (Å²) in [5, 5.41) is 19.0. The van der Waals surface area contributed by atoms with E-state index in [1.54, 1.807) is 6.08 Å². The Labute approximate surface area is 199 Å². The molecule has 2 aliphatic heterocycles. The minimum Gasteiger partial charge on any atom is -0.541 e. The molecule has 8 heteroatoms. The van der Waals surface area contributed by atoms with Gasteiger partial charge in [0.2, 0.25) is 5.78 Å². The molecular formula is C25H30N2O4SSi. The number of nitrogens with zero attached hydrogens (tertiary/aromatic N) is 2. The summed E-state index contributed by atoms with van der Waals surface area (Å²) in [5.41, 5.74) is -1.64. The number of Topliss-reactive ketones (excluding diaryl/α,β-unsaturated/α-hetero) is 1. The van der Waals surface area contributed by atoms with Crippen molar-refractivity contribution in [3.8, 4) is 12.1 Å². The van der Waals surface area contributed by atoms with Gasteiger partial charge in [-0.25, -0.2) is 0 Å². The van der Waals surface area contributed by atoms with Gasteiger partial charge in [-0.1, -0.05) is 38.5 Å². The lowest BCUT2D eigenvalue weighted by molar-refractivity contribution is -0.145. The van der Waals surface area contributed by atoms with Crippen LogP contribution < -0.4 is 0 Å². The molecule has 2 heterocycles. The fraction of sp³-hybridized carbons (Fsp3) is 0.560. The third-order valence-corrected chi connectivity index (χ3v) is 14.0. The van der Waals surface area contributed by atoms with Crippen LogP contribution in [0.25, 0.3) is 0 Å². The number of rotatable bonds is 4. The van der Waals surface area contributed by atoms with Crippen molar-refractivity contribution in [2.45, 2.75) is 80.5 Å². The first kappa shape index (κ1) is 23.9. The van der Waals surface area contributed by atoms with E-state index in [2.05, 4.69) is 46.0 Å². The zero-order chi connectivity index (χ0) is 24.4.